The van der Waals surface area contributed by atoms with Gasteiger partial charge < -0.3 is 19.9 Å². The molecule has 0 saturated carbocycles. The minimum Gasteiger partial charge on any atom is -0.490 e. The van der Waals surface area contributed by atoms with Crippen LogP contribution in [0.25, 0.3) is 0 Å². The summed E-state index contributed by atoms with van der Waals surface area (Å²) >= 11 is 5.87. The van der Waals surface area contributed by atoms with Crippen LogP contribution in [0.3, 0.4) is 0 Å². The summed E-state index contributed by atoms with van der Waals surface area (Å²) in [5.41, 5.74) is -0.107. The number of β-amino-alcohol motifs (C(OH)–C–C–N with tert-alkyl or cyclic N) is 1. The van der Waals surface area contributed by atoms with Gasteiger partial charge in [-0.3, -0.25) is 9.69 Å². The SMILES string of the molecule is C[C@@]1(c2ccc3c(c2)OCCCO3)NC(=O)N(C[C@@H](O)c2ccc(Cl)cc2)C1=O. The monoisotopic (exact) mass is 416 g/mol. The first-order valence-corrected chi connectivity index (χ1v) is 9.74. The molecule has 2 heterocycles. The zero-order chi connectivity index (χ0) is 20.6. The van der Waals surface area contributed by atoms with Crippen LogP contribution < -0.4 is 14.8 Å². The van der Waals surface area contributed by atoms with Crippen molar-refractivity contribution in [3.8, 4) is 11.5 Å². The van der Waals surface area contributed by atoms with E-state index in [4.69, 9.17) is 21.1 Å². The van der Waals surface area contributed by atoms with E-state index in [0.717, 1.165) is 11.3 Å². The van der Waals surface area contributed by atoms with Crippen molar-refractivity contribution in [1.82, 2.24) is 10.2 Å². The van der Waals surface area contributed by atoms with Gasteiger partial charge in [-0.15, -0.1) is 0 Å². The van der Waals surface area contributed by atoms with Crippen LogP contribution in [0.2, 0.25) is 5.02 Å². The number of hydrogen-bond acceptors (Lipinski definition) is 5. The molecule has 8 heteroatoms. The number of aliphatic hydroxyl groups is 1. The molecule has 2 aromatic carbocycles. The summed E-state index contributed by atoms with van der Waals surface area (Å²) in [5, 5.41) is 13.8. The predicted molar refractivity (Wildman–Crippen MR) is 106 cm³/mol. The number of amides is 3. The number of hydrogen-bond donors (Lipinski definition) is 2. The van der Waals surface area contributed by atoms with E-state index in [1.165, 1.54) is 0 Å². The molecule has 0 unspecified atom stereocenters. The zero-order valence-corrected chi connectivity index (χ0v) is 16.6. The number of carbonyl (C=O) groups is 2. The Hall–Kier alpha value is -2.77. The van der Waals surface area contributed by atoms with Crippen LogP contribution in [0.5, 0.6) is 11.5 Å². The Morgan fingerprint density at radius 2 is 1.83 bits per heavy atom. The molecule has 2 aromatic rings. The lowest BCUT2D eigenvalue weighted by Gasteiger charge is -2.24. The van der Waals surface area contributed by atoms with Crippen molar-refractivity contribution in [3.63, 3.8) is 0 Å². The molecule has 29 heavy (non-hydrogen) atoms. The molecule has 0 radical (unpaired) electrons. The van der Waals surface area contributed by atoms with Crippen molar-refractivity contribution in [3.05, 3.63) is 58.6 Å². The van der Waals surface area contributed by atoms with Gasteiger partial charge >= 0.3 is 6.03 Å². The number of nitrogens with one attached hydrogen (secondary N) is 1. The summed E-state index contributed by atoms with van der Waals surface area (Å²) in [6, 6.07) is 11.3. The first kappa shape index (κ1) is 19.5. The highest BCUT2D eigenvalue weighted by Gasteiger charge is 2.49. The fourth-order valence-electron chi connectivity index (χ4n) is 3.50. The number of rotatable bonds is 4. The summed E-state index contributed by atoms with van der Waals surface area (Å²) in [4.78, 5) is 26.7. The molecule has 2 N–H and O–H groups in total. The number of urea groups is 1. The Kier molecular flexibility index (Phi) is 5.10. The minimum atomic E-state index is -1.26. The third-order valence-corrected chi connectivity index (χ3v) is 5.46. The highest BCUT2D eigenvalue weighted by Crippen LogP contribution is 2.37. The van der Waals surface area contributed by atoms with E-state index in [0.29, 0.717) is 40.9 Å². The van der Waals surface area contributed by atoms with Gasteiger partial charge in [0.25, 0.3) is 5.91 Å². The second-order valence-corrected chi connectivity index (χ2v) is 7.69. The number of nitrogens with zero attached hydrogens (tertiary/aromatic N) is 1. The number of halogens is 1. The third kappa shape index (κ3) is 3.63. The van der Waals surface area contributed by atoms with Gasteiger partial charge in [0, 0.05) is 11.4 Å². The van der Waals surface area contributed by atoms with E-state index in [1.807, 2.05) is 0 Å². The van der Waals surface area contributed by atoms with Gasteiger partial charge in [-0.2, -0.15) is 0 Å². The second kappa shape index (κ2) is 7.57. The Balaban J connectivity index is 1.57. The van der Waals surface area contributed by atoms with Crippen molar-refractivity contribution in [2.45, 2.75) is 25.0 Å². The van der Waals surface area contributed by atoms with E-state index in [2.05, 4.69) is 5.32 Å². The zero-order valence-electron chi connectivity index (χ0n) is 15.9. The molecule has 1 fully saturated rings. The van der Waals surface area contributed by atoms with Gasteiger partial charge in [0.2, 0.25) is 0 Å². The predicted octanol–water partition coefficient (Wildman–Crippen LogP) is 3.00. The fraction of sp³-hybridized carbons (Fsp3) is 0.333. The molecule has 2 aliphatic heterocycles. The quantitative estimate of drug-likeness (QED) is 0.748. The molecule has 0 spiro atoms. The Morgan fingerprint density at radius 3 is 2.55 bits per heavy atom. The van der Waals surface area contributed by atoms with Crippen LogP contribution in [0.15, 0.2) is 42.5 Å². The molecular formula is C21H21ClN2O5. The Morgan fingerprint density at radius 1 is 1.14 bits per heavy atom. The average molecular weight is 417 g/mol. The average Bonchev–Trinajstić information content (AvgIpc) is 2.87. The molecule has 1 saturated heterocycles. The highest BCUT2D eigenvalue weighted by atomic mass is 35.5. The maximum absolute atomic E-state index is 13.1. The van der Waals surface area contributed by atoms with Gasteiger partial charge in [0.05, 0.1) is 25.9 Å². The summed E-state index contributed by atoms with van der Waals surface area (Å²) in [6.07, 6.45) is -0.249. The van der Waals surface area contributed by atoms with Crippen molar-refractivity contribution in [2.75, 3.05) is 19.8 Å². The summed E-state index contributed by atoms with van der Waals surface area (Å²) in [6.45, 7) is 2.57. The molecule has 7 nitrogen and oxygen atoms in total. The topological polar surface area (TPSA) is 88.1 Å². The van der Waals surface area contributed by atoms with Crippen LogP contribution in [0.4, 0.5) is 4.79 Å². The molecule has 152 valence electrons. The summed E-state index contributed by atoms with van der Waals surface area (Å²) < 4.78 is 11.3. The van der Waals surface area contributed by atoms with Crippen LogP contribution in [0.1, 0.15) is 30.6 Å². The van der Waals surface area contributed by atoms with E-state index >= 15 is 0 Å². The van der Waals surface area contributed by atoms with Gasteiger partial charge in [-0.05, 0) is 42.3 Å². The van der Waals surface area contributed by atoms with Crippen LogP contribution in [-0.4, -0.2) is 41.7 Å². The summed E-state index contributed by atoms with van der Waals surface area (Å²) in [7, 11) is 0. The van der Waals surface area contributed by atoms with Crippen LogP contribution in [-0.2, 0) is 10.3 Å². The third-order valence-electron chi connectivity index (χ3n) is 5.21. The minimum absolute atomic E-state index is 0.160. The molecular weight excluding hydrogens is 396 g/mol. The fourth-order valence-corrected chi connectivity index (χ4v) is 3.62. The number of benzene rings is 2. The lowest BCUT2D eigenvalue weighted by atomic mass is 9.91. The van der Waals surface area contributed by atoms with Crippen LogP contribution in [0, 0.1) is 0 Å². The van der Waals surface area contributed by atoms with Gasteiger partial charge in [-0.25, -0.2) is 4.79 Å². The molecule has 2 atom stereocenters. The highest BCUT2D eigenvalue weighted by molar-refractivity contribution is 6.30. The Labute approximate surface area is 173 Å². The number of carbonyl (C=O) groups excluding carboxylic acids is 2. The number of imide groups is 1. The standard InChI is InChI=1S/C21H21ClN2O5/c1-21(14-5-8-17-18(11-14)29-10-2-9-28-17)19(26)24(20(27)23-21)12-16(25)13-3-6-15(22)7-4-13/h3-8,11,16,25H,2,9-10,12H2,1H3,(H,23,27)/t16-,21+/m1/s1. The van der Waals surface area contributed by atoms with E-state index < -0.39 is 23.6 Å². The van der Waals surface area contributed by atoms with Gasteiger partial charge in [0.15, 0.2) is 11.5 Å². The van der Waals surface area contributed by atoms with E-state index in [-0.39, 0.29) is 6.54 Å². The molecule has 0 bridgehead atoms. The maximum atomic E-state index is 13.1. The number of ether oxygens (including phenoxy) is 2. The summed E-state index contributed by atoms with van der Waals surface area (Å²) in [5.74, 6) is 0.717. The maximum Gasteiger partial charge on any atom is 0.325 e. The van der Waals surface area contributed by atoms with Gasteiger partial charge in [0.1, 0.15) is 5.54 Å². The van der Waals surface area contributed by atoms with Crippen molar-refractivity contribution >= 4 is 23.5 Å². The lowest BCUT2D eigenvalue weighted by Crippen LogP contribution is -2.41. The molecule has 4 rings (SSSR count). The second-order valence-electron chi connectivity index (χ2n) is 7.25. The van der Waals surface area contributed by atoms with Crippen molar-refractivity contribution in [2.24, 2.45) is 0 Å². The first-order chi connectivity index (χ1) is 13.9. The molecule has 3 amide bonds. The smallest absolute Gasteiger partial charge is 0.325 e. The molecule has 0 aromatic heterocycles. The first-order valence-electron chi connectivity index (χ1n) is 9.36. The Bertz CT molecular complexity index is 949. The van der Waals surface area contributed by atoms with Gasteiger partial charge in [-0.1, -0.05) is 29.8 Å². The number of aliphatic hydroxyl groups excluding tert-OH is 1. The van der Waals surface area contributed by atoms with E-state index in [9.17, 15) is 14.7 Å². The van der Waals surface area contributed by atoms with Crippen molar-refractivity contribution < 1.29 is 24.2 Å². The molecule has 0 aliphatic carbocycles. The lowest BCUT2D eigenvalue weighted by molar-refractivity contribution is -0.132. The van der Waals surface area contributed by atoms with Crippen molar-refractivity contribution in [1.29, 1.82) is 0 Å². The molecule has 2 aliphatic rings. The van der Waals surface area contributed by atoms with E-state index in [1.54, 1.807) is 49.4 Å². The normalized spacial score (nSPS) is 22.2. The van der Waals surface area contributed by atoms with Crippen LogP contribution >= 0.6 is 11.6 Å². The largest absolute Gasteiger partial charge is 0.490 e. The number of fused-ring (bicyclic) bond motifs is 1.